The molecule has 0 aliphatic carbocycles. The molecular weight excluding hydrogens is 567 g/mol. The van der Waals surface area contributed by atoms with Crippen LogP contribution >= 0.6 is 0 Å². The fourth-order valence-corrected chi connectivity index (χ4v) is 5.62. The Labute approximate surface area is 277 Å². The molecule has 2 aromatic carbocycles. The molecule has 0 saturated heterocycles. The van der Waals surface area contributed by atoms with E-state index in [1.807, 2.05) is 0 Å². The van der Waals surface area contributed by atoms with Gasteiger partial charge in [-0.2, -0.15) is 0 Å². The molecule has 2 nitrogen and oxygen atoms in total. The van der Waals surface area contributed by atoms with E-state index in [1.54, 1.807) is 0 Å². The molecule has 0 N–H and O–H groups in total. The topological polar surface area (TPSA) is 24.7 Å². The predicted molar refractivity (Wildman–Crippen MR) is 190 cm³/mol. The summed E-state index contributed by atoms with van der Waals surface area (Å²) in [5.41, 5.74) is 10.5. The Balaban J connectivity index is 0.00000924. The van der Waals surface area contributed by atoms with Crippen molar-refractivity contribution in [1.82, 2.24) is 0 Å². The molecule has 0 saturated carbocycles. The fourth-order valence-electron chi connectivity index (χ4n) is 5.62. The molecule has 0 atom stereocenters. The molecule has 2 aromatic rings. The first-order valence-electron chi connectivity index (χ1n) is 18.0. The smallest absolute Gasteiger partial charge is 0.0639 e. The zero-order valence-corrected chi connectivity index (χ0v) is 29.8. The first-order chi connectivity index (χ1) is 20.6. The number of benzene rings is 2. The van der Waals surface area contributed by atoms with Crippen LogP contribution in [0.1, 0.15) is 167 Å². The van der Waals surface area contributed by atoms with Crippen LogP contribution in [0.15, 0.2) is 46.4 Å². The van der Waals surface area contributed by atoms with Crippen molar-refractivity contribution >= 4 is 22.8 Å². The van der Waals surface area contributed by atoms with E-state index in [0.29, 0.717) is 0 Å². The van der Waals surface area contributed by atoms with E-state index < -0.39 is 0 Å². The van der Waals surface area contributed by atoms with Crippen molar-refractivity contribution in [2.75, 3.05) is 0 Å². The zero-order valence-electron chi connectivity index (χ0n) is 28.8. The molecule has 0 radical (unpaired) electrons. The van der Waals surface area contributed by atoms with Gasteiger partial charge < -0.3 is 0 Å². The van der Waals surface area contributed by atoms with Gasteiger partial charge in [0.25, 0.3) is 0 Å². The van der Waals surface area contributed by atoms with Crippen molar-refractivity contribution in [3.63, 3.8) is 0 Å². The van der Waals surface area contributed by atoms with Crippen LogP contribution in [0.2, 0.25) is 0 Å². The molecule has 0 aromatic heterocycles. The molecule has 0 spiro atoms. The summed E-state index contributed by atoms with van der Waals surface area (Å²) in [7, 11) is 0. The van der Waals surface area contributed by atoms with Gasteiger partial charge in [-0.1, -0.05) is 105 Å². The van der Waals surface area contributed by atoms with Crippen molar-refractivity contribution in [3.05, 3.63) is 58.7 Å². The molecule has 0 bridgehead atoms. The molecule has 0 amide bonds. The minimum Gasteiger partial charge on any atom is -0.252 e. The fraction of sp³-hybridized carbons (Fsp3) is 0.650. The first kappa shape index (κ1) is 39.3. The summed E-state index contributed by atoms with van der Waals surface area (Å²) in [4.78, 5) is 10.9. The Bertz CT molecular complexity index is 1020. The van der Waals surface area contributed by atoms with Crippen molar-refractivity contribution in [1.29, 1.82) is 0 Å². The second kappa shape index (κ2) is 24.6. The van der Waals surface area contributed by atoms with Crippen molar-refractivity contribution in [2.45, 2.75) is 170 Å². The summed E-state index contributed by atoms with van der Waals surface area (Å²) in [6.45, 7) is 13.7. The molecule has 3 heteroatoms. The molecule has 0 heterocycles. The number of hydrogen-bond acceptors (Lipinski definition) is 2. The van der Waals surface area contributed by atoms with Crippen LogP contribution in [0.5, 0.6) is 0 Å². The molecule has 0 fully saturated rings. The van der Waals surface area contributed by atoms with E-state index in [2.05, 4.69) is 77.9 Å². The standard InChI is InChI=1S/C40H64N2.Ni/c1-7-13-19-20-26-40(42-38-31-35(23-16-10-4)28-36(32-38)24-17-11-5)39(25-18-12-6)41-37-29-33(21-14-8-2)27-34(30-37)22-15-9-3;/h27-32H,7-26H2,1-6H3;/b41-39+,42-40+;. The van der Waals surface area contributed by atoms with Crippen LogP contribution in [0.25, 0.3) is 0 Å². The van der Waals surface area contributed by atoms with Gasteiger partial charge in [-0.3, -0.25) is 9.98 Å². The van der Waals surface area contributed by atoms with Gasteiger partial charge in [0.2, 0.25) is 0 Å². The number of hydrogen-bond donors (Lipinski definition) is 0. The van der Waals surface area contributed by atoms with Crippen LogP contribution in [0.3, 0.4) is 0 Å². The van der Waals surface area contributed by atoms with Gasteiger partial charge in [-0.25, -0.2) is 0 Å². The molecule has 0 unspecified atom stereocenters. The number of nitrogens with zero attached hydrogens (tertiary/aromatic N) is 2. The van der Waals surface area contributed by atoms with Crippen LogP contribution in [-0.2, 0) is 42.2 Å². The molecule has 0 aliphatic heterocycles. The Morgan fingerprint density at radius 3 is 1.05 bits per heavy atom. The minimum absolute atomic E-state index is 0. The normalized spacial score (nSPS) is 12.0. The van der Waals surface area contributed by atoms with Crippen molar-refractivity contribution in [3.8, 4) is 0 Å². The van der Waals surface area contributed by atoms with E-state index in [9.17, 15) is 0 Å². The van der Waals surface area contributed by atoms with Gasteiger partial charge in [0, 0.05) is 16.5 Å². The van der Waals surface area contributed by atoms with Crippen LogP contribution < -0.4 is 0 Å². The van der Waals surface area contributed by atoms with Gasteiger partial charge in [0.05, 0.1) is 22.8 Å². The van der Waals surface area contributed by atoms with E-state index in [0.717, 1.165) is 56.3 Å². The summed E-state index contributed by atoms with van der Waals surface area (Å²) in [6, 6.07) is 14.3. The maximum Gasteiger partial charge on any atom is 0.0639 e. The third-order valence-corrected chi connectivity index (χ3v) is 8.25. The average molecular weight is 632 g/mol. The minimum atomic E-state index is 0. The van der Waals surface area contributed by atoms with Gasteiger partial charge in [0.1, 0.15) is 0 Å². The molecule has 0 aliphatic rings. The third-order valence-electron chi connectivity index (χ3n) is 8.25. The third kappa shape index (κ3) is 16.2. The maximum absolute atomic E-state index is 5.47. The second-order valence-electron chi connectivity index (χ2n) is 12.5. The Morgan fingerprint density at radius 2 is 0.721 bits per heavy atom. The SMILES string of the molecule is CCCCCCC(=N\c1cc(CCCC)cc(CCCC)c1)/C(CCCC)=N/c1cc(CCCC)cc(CCCC)c1.[Ni]. The van der Waals surface area contributed by atoms with Gasteiger partial charge in [0.15, 0.2) is 0 Å². The van der Waals surface area contributed by atoms with Crippen LogP contribution in [0, 0.1) is 0 Å². The van der Waals surface area contributed by atoms with Gasteiger partial charge >= 0.3 is 0 Å². The quantitative estimate of drug-likeness (QED) is 0.0662. The molecular formula is C40H64N2Ni. The number of aryl methyl sites for hydroxylation is 4. The Morgan fingerprint density at radius 1 is 0.395 bits per heavy atom. The Kier molecular flexibility index (Phi) is 22.5. The summed E-state index contributed by atoms with van der Waals surface area (Å²) in [6.07, 6.45) is 23.8. The monoisotopic (exact) mass is 630 g/mol. The van der Waals surface area contributed by atoms with Gasteiger partial charge in [-0.05, 0) is 124 Å². The summed E-state index contributed by atoms with van der Waals surface area (Å²) < 4.78 is 0. The zero-order chi connectivity index (χ0) is 30.4. The average Bonchev–Trinajstić information content (AvgIpc) is 3.00. The maximum atomic E-state index is 5.47. The first-order valence-corrected chi connectivity index (χ1v) is 18.0. The number of unbranched alkanes of at least 4 members (excludes halogenated alkanes) is 8. The number of rotatable bonds is 23. The Hall–Kier alpha value is -1.73. The number of aliphatic imine (C=N–C) groups is 2. The molecule has 43 heavy (non-hydrogen) atoms. The van der Waals surface area contributed by atoms with E-state index >= 15 is 0 Å². The largest absolute Gasteiger partial charge is 0.252 e. The van der Waals surface area contributed by atoms with Crippen LogP contribution in [0.4, 0.5) is 11.4 Å². The van der Waals surface area contributed by atoms with Gasteiger partial charge in [-0.15, -0.1) is 0 Å². The molecule has 244 valence electrons. The summed E-state index contributed by atoms with van der Waals surface area (Å²) >= 11 is 0. The van der Waals surface area contributed by atoms with Crippen molar-refractivity contribution < 1.29 is 16.5 Å². The summed E-state index contributed by atoms with van der Waals surface area (Å²) in [5, 5.41) is 0. The molecule has 2 rings (SSSR count). The summed E-state index contributed by atoms with van der Waals surface area (Å²) in [5.74, 6) is 0. The van der Waals surface area contributed by atoms with E-state index in [4.69, 9.17) is 9.98 Å². The predicted octanol–water partition coefficient (Wildman–Crippen LogP) is 13.1. The van der Waals surface area contributed by atoms with E-state index in [-0.39, 0.29) is 16.5 Å². The second-order valence-corrected chi connectivity index (χ2v) is 12.5. The van der Waals surface area contributed by atoms with E-state index in [1.165, 1.54) is 117 Å². The van der Waals surface area contributed by atoms with Crippen LogP contribution in [-0.4, -0.2) is 11.4 Å². The van der Waals surface area contributed by atoms with Crippen molar-refractivity contribution in [2.24, 2.45) is 9.98 Å².